The van der Waals surface area contributed by atoms with E-state index in [1.807, 2.05) is 13.8 Å². The minimum atomic E-state index is -0.341. The molecule has 0 aromatic carbocycles. The molecule has 0 aromatic heterocycles. The van der Waals surface area contributed by atoms with E-state index in [1.165, 1.54) is 0 Å². The van der Waals surface area contributed by atoms with E-state index in [0.29, 0.717) is 5.92 Å². The molecular weight excluding hydrogens is 116 g/mol. The summed E-state index contributed by atoms with van der Waals surface area (Å²) < 4.78 is 10.7. The molecule has 1 heterocycles. The van der Waals surface area contributed by atoms with Crippen molar-refractivity contribution in [3.05, 3.63) is 0 Å². The first kappa shape index (κ1) is 7.03. The summed E-state index contributed by atoms with van der Waals surface area (Å²) in [7, 11) is 0. The lowest BCUT2D eigenvalue weighted by Gasteiger charge is -2.33. The van der Waals surface area contributed by atoms with E-state index in [0.717, 1.165) is 13.2 Å². The lowest BCUT2D eigenvalue weighted by Crippen LogP contribution is -2.38. The van der Waals surface area contributed by atoms with E-state index in [1.54, 1.807) is 0 Å². The minimum Gasteiger partial charge on any atom is -0.350 e. The van der Waals surface area contributed by atoms with Crippen molar-refractivity contribution < 1.29 is 9.47 Å². The second-order valence-corrected chi connectivity index (χ2v) is 3.13. The molecule has 0 radical (unpaired) electrons. The highest BCUT2D eigenvalue weighted by atomic mass is 16.7. The fraction of sp³-hybridized carbons (Fsp3) is 1.00. The van der Waals surface area contributed by atoms with Crippen LogP contribution in [-0.4, -0.2) is 19.0 Å². The fourth-order valence-corrected chi connectivity index (χ4v) is 0.776. The van der Waals surface area contributed by atoms with Crippen LogP contribution in [0.3, 0.4) is 0 Å². The second kappa shape index (κ2) is 2.27. The molecule has 0 bridgehead atoms. The summed E-state index contributed by atoms with van der Waals surface area (Å²) in [6.45, 7) is 7.66. The lowest BCUT2D eigenvalue weighted by molar-refractivity contribution is -0.259. The first-order chi connectivity index (χ1) is 4.10. The first-order valence-electron chi connectivity index (χ1n) is 3.38. The highest BCUT2D eigenvalue weighted by Gasteiger charge is 2.25. The number of hydrogen-bond acceptors (Lipinski definition) is 2. The Morgan fingerprint density at radius 3 is 2.00 bits per heavy atom. The molecule has 0 aromatic rings. The van der Waals surface area contributed by atoms with Crippen LogP contribution < -0.4 is 0 Å². The van der Waals surface area contributed by atoms with Crippen LogP contribution in [0.4, 0.5) is 0 Å². The van der Waals surface area contributed by atoms with E-state index in [9.17, 15) is 0 Å². The summed E-state index contributed by atoms with van der Waals surface area (Å²) in [5, 5.41) is 0. The van der Waals surface area contributed by atoms with Gasteiger partial charge in [-0.3, -0.25) is 0 Å². The maximum atomic E-state index is 5.36. The molecule has 1 rings (SSSR count). The SMILES string of the molecule is CC1COC(C)(C)OC1. The van der Waals surface area contributed by atoms with Crippen LogP contribution in [0.1, 0.15) is 20.8 Å². The summed E-state index contributed by atoms with van der Waals surface area (Å²) in [6.07, 6.45) is 0. The molecule has 9 heavy (non-hydrogen) atoms. The molecule has 1 aliphatic rings. The van der Waals surface area contributed by atoms with Crippen molar-refractivity contribution in [2.24, 2.45) is 5.92 Å². The van der Waals surface area contributed by atoms with Gasteiger partial charge in [0.25, 0.3) is 0 Å². The van der Waals surface area contributed by atoms with E-state index in [4.69, 9.17) is 9.47 Å². The predicted molar refractivity (Wildman–Crippen MR) is 35.1 cm³/mol. The van der Waals surface area contributed by atoms with Gasteiger partial charge in [-0.05, 0) is 13.8 Å². The van der Waals surface area contributed by atoms with E-state index >= 15 is 0 Å². The zero-order valence-corrected chi connectivity index (χ0v) is 6.31. The Labute approximate surface area is 56.2 Å². The van der Waals surface area contributed by atoms with Crippen molar-refractivity contribution in [3.63, 3.8) is 0 Å². The van der Waals surface area contributed by atoms with Crippen molar-refractivity contribution in [3.8, 4) is 0 Å². The molecule has 1 aliphatic heterocycles. The van der Waals surface area contributed by atoms with E-state index < -0.39 is 0 Å². The van der Waals surface area contributed by atoms with Gasteiger partial charge in [-0.25, -0.2) is 0 Å². The molecule has 0 amide bonds. The zero-order valence-electron chi connectivity index (χ0n) is 6.31. The van der Waals surface area contributed by atoms with Crippen molar-refractivity contribution in [1.29, 1.82) is 0 Å². The molecule has 2 heteroatoms. The van der Waals surface area contributed by atoms with Gasteiger partial charge in [-0.15, -0.1) is 0 Å². The van der Waals surface area contributed by atoms with Crippen LogP contribution in [0.5, 0.6) is 0 Å². The Morgan fingerprint density at radius 1 is 1.22 bits per heavy atom. The van der Waals surface area contributed by atoms with Crippen LogP contribution in [0.15, 0.2) is 0 Å². The van der Waals surface area contributed by atoms with Crippen molar-refractivity contribution in [1.82, 2.24) is 0 Å². The summed E-state index contributed by atoms with van der Waals surface area (Å²) in [4.78, 5) is 0. The lowest BCUT2D eigenvalue weighted by atomic mass is 10.2. The van der Waals surface area contributed by atoms with Crippen LogP contribution in [0, 0.1) is 5.92 Å². The fourth-order valence-electron chi connectivity index (χ4n) is 0.776. The molecule has 1 saturated heterocycles. The third-order valence-electron chi connectivity index (χ3n) is 1.43. The number of rotatable bonds is 0. The topological polar surface area (TPSA) is 18.5 Å². The average molecular weight is 130 g/mol. The molecule has 2 nitrogen and oxygen atoms in total. The van der Waals surface area contributed by atoms with Gasteiger partial charge >= 0.3 is 0 Å². The Bertz CT molecular complexity index is 89.1. The van der Waals surface area contributed by atoms with Gasteiger partial charge in [0.1, 0.15) is 0 Å². The summed E-state index contributed by atoms with van der Waals surface area (Å²) in [5.41, 5.74) is 0. The summed E-state index contributed by atoms with van der Waals surface area (Å²) in [6, 6.07) is 0. The zero-order chi connectivity index (χ0) is 6.91. The van der Waals surface area contributed by atoms with Crippen LogP contribution in [-0.2, 0) is 9.47 Å². The van der Waals surface area contributed by atoms with Crippen LogP contribution >= 0.6 is 0 Å². The van der Waals surface area contributed by atoms with Crippen LogP contribution in [0.25, 0.3) is 0 Å². The molecule has 0 saturated carbocycles. The Morgan fingerprint density at radius 2 is 1.67 bits per heavy atom. The quantitative estimate of drug-likeness (QED) is 0.493. The summed E-state index contributed by atoms with van der Waals surface area (Å²) in [5.74, 6) is 0.213. The highest BCUT2D eigenvalue weighted by molar-refractivity contribution is 4.63. The third kappa shape index (κ3) is 1.95. The molecule has 0 spiro atoms. The smallest absolute Gasteiger partial charge is 0.162 e. The largest absolute Gasteiger partial charge is 0.350 e. The Hall–Kier alpha value is -0.0800. The van der Waals surface area contributed by atoms with Crippen molar-refractivity contribution in [2.45, 2.75) is 26.6 Å². The highest BCUT2D eigenvalue weighted by Crippen LogP contribution is 2.19. The standard InChI is InChI=1S/C7H14O2/c1-6-4-8-7(2,3)9-5-6/h6H,4-5H2,1-3H3. The Balaban J connectivity index is 2.35. The maximum Gasteiger partial charge on any atom is 0.162 e. The van der Waals surface area contributed by atoms with Gasteiger partial charge in [0.15, 0.2) is 5.79 Å². The molecular formula is C7H14O2. The van der Waals surface area contributed by atoms with Crippen molar-refractivity contribution >= 4 is 0 Å². The molecule has 54 valence electrons. The van der Waals surface area contributed by atoms with Crippen LogP contribution in [0.2, 0.25) is 0 Å². The van der Waals surface area contributed by atoms with Gasteiger partial charge < -0.3 is 9.47 Å². The predicted octanol–water partition coefficient (Wildman–Crippen LogP) is 1.41. The van der Waals surface area contributed by atoms with Crippen molar-refractivity contribution in [2.75, 3.05) is 13.2 Å². The molecule has 0 aliphatic carbocycles. The molecule has 0 unspecified atom stereocenters. The van der Waals surface area contributed by atoms with Gasteiger partial charge in [0.05, 0.1) is 13.2 Å². The van der Waals surface area contributed by atoms with E-state index in [2.05, 4.69) is 6.92 Å². The first-order valence-corrected chi connectivity index (χ1v) is 3.38. The monoisotopic (exact) mass is 130 g/mol. The maximum absolute atomic E-state index is 5.36. The Kier molecular flexibility index (Phi) is 1.78. The van der Waals surface area contributed by atoms with E-state index in [-0.39, 0.29) is 5.79 Å². The van der Waals surface area contributed by atoms with Gasteiger partial charge in [0.2, 0.25) is 0 Å². The molecule has 0 atom stereocenters. The van der Waals surface area contributed by atoms with Gasteiger partial charge in [-0.2, -0.15) is 0 Å². The second-order valence-electron chi connectivity index (χ2n) is 3.13. The molecule has 0 N–H and O–H groups in total. The minimum absolute atomic E-state index is 0.341. The molecule has 1 fully saturated rings. The normalized spacial score (nSPS) is 28.3. The third-order valence-corrected chi connectivity index (χ3v) is 1.43. The number of ether oxygens (including phenoxy) is 2. The average Bonchev–Trinajstić information content (AvgIpc) is 1.78. The van der Waals surface area contributed by atoms with Gasteiger partial charge in [0, 0.05) is 5.92 Å². The summed E-state index contributed by atoms with van der Waals surface area (Å²) >= 11 is 0. The number of hydrogen-bond donors (Lipinski definition) is 0. The van der Waals surface area contributed by atoms with Gasteiger partial charge in [-0.1, -0.05) is 6.92 Å².